The Hall–Kier alpha value is -2.15. The van der Waals surface area contributed by atoms with Gasteiger partial charge in [0.2, 0.25) is 12.3 Å². The number of halogens is 3. The predicted octanol–water partition coefficient (Wildman–Crippen LogP) is 6.69. The molecule has 5 rings (SSSR count). The molecular weight excluding hydrogens is 512 g/mol. The second-order valence-corrected chi connectivity index (χ2v) is 11.7. The van der Waals surface area contributed by atoms with Crippen molar-refractivity contribution >= 4 is 41.2 Å². The summed E-state index contributed by atoms with van der Waals surface area (Å²) in [6, 6.07) is 9.95. The van der Waals surface area contributed by atoms with E-state index in [0.717, 1.165) is 63.4 Å². The quantitative estimate of drug-likeness (QED) is 0.354. The number of nitrogens with one attached hydrogen (secondary N) is 3. The Bertz CT molecular complexity index is 1150. The number of rotatable bonds is 6. The molecule has 37 heavy (non-hydrogen) atoms. The molecule has 2 amide bonds. The molecule has 1 spiro atoms. The molecule has 1 aliphatic heterocycles. The molecule has 0 radical (unpaired) electrons. The van der Waals surface area contributed by atoms with Crippen molar-refractivity contribution in [3.05, 3.63) is 63.4 Å². The summed E-state index contributed by atoms with van der Waals surface area (Å²) in [6.07, 6.45) is 10.8. The van der Waals surface area contributed by atoms with Crippen molar-refractivity contribution in [2.45, 2.75) is 93.7 Å². The highest BCUT2D eigenvalue weighted by Crippen LogP contribution is 2.56. The molecule has 1 heterocycles. The maximum absolute atomic E-state index is 15.7. The molecule has 198 valence electrons. The van der Waals surface area contributed by atoms with E-state index in [9.17, 15) is 9.59 Å². The van der Waals surface area contributed by atoms with E-state index in [-0.39, 0.29) is 22.9 Å². The number of benzene rings is 2. The summed E-state index contributed by atoms with van der Waals surface area (Å²) in [6.45, 7) is 0. The fourth-order valence-corrected chi connectivity index (χ4v) is 7.40. The molecule has 3 fully saturated rings. The predicted molar refractivity (Wildman–Crippen MR) is 146 cm³/mol. The van der Waals surface area contributed by atoms with Crippen LogP contribution in [0.3, 0.4) is 0 Å². The summed E-state index contributed by atoms with van der Waals surface area (Å²) in [5.41, 5.74) is 1.42. The molecule has 3 N–H and O–H groups in total. The zero-order valence-corrected chi connectivity index (χ0v) is 22.4. The summed E-state index contributed by atoms with van der Waals surface area (Å²) >= 11 is 12.6. The maximum atomic E-state index is 15.7. The van der Waals surface area contributed by atoms with E-state index in [4.69, 9.17) is 23.2 Å². The van der Waals surface area contributed by atoms with Gasteiger partial charge in [-0.05, 0) is 55.0 Å². The Morgan fingerprint density at radius 1 is 1.00 bits per heavy atom. The standard InChI is InChI=1S/C29H34Cl2FN3O2/c30-18-12-13-20(23(16-18)33-17-36)25-24(21-10-7-11-22(31)26(21)32)27(35-29(25)14-5-2-6-15-29)28(37)34-19-8-3-1-4-9-19/h7,10-13,16-17,19,24-25,27,35H,1-6,8-9,14-15H2,(H,33,36)(H,34,37)/t24-,25?,27-/m1/s1. The summed E-state index contributed by atoms with van der Waals surface area (Å²) in [5.74, 6) is -1.39. The molecule has 1 unspecified atom stereocenters. The van der Waals surface area contributed by atoms with Gasteiger partial charge in [-0.1, -0.05) is 79.9 Å². The van der Waals surface area contributed by atoms with Crippen LogP contribution in [0.4, 0.5) is 10.1 Å². The normalized spacial score (nSPS) is 25.6. The largest absolute Gasteiger partial charge is 0.352 e. The third-order valence-corrected chi connectivity index (χ3v) is 9.17. The van der Waals surface area contributed by atoms with Gasteiger partial charge < -0.3 is 10.6 Å². The molecular formula is C29H34Cl2FN3O2. The lowest BCUT2D eigenvalue weighted by Crippen LogP contribution is -2.53. The van der Waals surface area contributed by atoms with Crippen LogP contribution in [0, 0.1) is 5.82 Å². The molecule has 3 atom stereocenters. The van der Waals surface area contributed by atoms with Gasteiger partial charge in [-0.25, -0.2) is 4.39 Å². The summed E-state index contributed by atoms with van der Waals surface area (Å²) in [4.78, 5) is 25.5. The van der Waals surface area contributed by atoms with E-state index < -0.39 is 23.3 Å². The van der Waals surface area contributed by atoms with Gasteiger partial charge in [0, 0.05) is 34.1 Å². The molecule has 2 aromatic rings. The lowest BCUT2D eigenvalue weighted by molar-refractivity contribution is -0.124. The molecule has 0 bridgehead atoms. The van der Waals surface area contributed by atoms with Crippen LogP contribution in [0.5, 0.6) is 0 Å². The van der Waals surface area contributed by atoms with Crippen LogP contribution in [0.1, 0.15) is 87.2 Å². The molecule has 1 saturated heterocycles. The van der Waals surface area contributed by atoms with Gasteiger partial charge in [-0.15, -0.1) is 0 Å². The lowest BCUT2D eigenvalue weighted by atomic mass is 9.66. The highest BCUT2D eigenvalue weighted by atomic mass is 35.5. The molecule has 0 aromatic heterocycles. The average Bonchev–Trinajstić information content (AvgIpc) is 3.21. The molecule has 2 saturated carbocycles. The van der Waals surface area contributed by atoms with E-state index >= 15 is 4.39 Å². The minimum Gasteiger partial charge on any atom is -0.352 e. The smallest absolute Gasteiger partial charge is 0.238 e. The number of amides is 2. The highest BCUT2D eigenvalue weighted by molar-refractivity contribution is 6.31. The van der Waals surface area contributed by atoms with E-state index in [2.05, 4.69) is 16.0 Å². The summed E-state index contributed by atoms with van der Waals surface area (Å²) < 4.78 is 15.7. The van der Waals surface area contributed by atoms with Crippen molar-refractivity contribution in [1.82, 2.24) is 10.6 Å². The first-order chi connectivity index (χ1) is 17.9. The van der Waals surface area contributed by atoms with Crippen LogP contribution in [0.2, 0.25) is 10.0 Å². The summed E-state index contributed by atoms with van der Waals surface area (Å²) in [5, 5.41) is 10.4. The van der Waals surface area contributed by atoms with Crippen molar-refractivity contribution < 1.29 is 14.0 Å². The van der Waals surface area contributed by atoms with E-state index in [1.165, 1.54) is 12.5 Å². The van der Waals surface area contributed by atoms with E-state index in [0.29, 0.717) is 22.7 Å². The van der Waals surface area contributed by atoms with Crippen molar-refractivity contribution in [1.29, 1.82) is 0 Å². The molecule has 5 nitrogen and oxygen atoms in total. The molecule has 3 aliphatic rings. The maximum Gasteiger partial charge on any atom is 0.238 e. The number of hydrogen-bond donors (Lipinski definition) is 3. The van der Waals surface area contributed by atoms with Gasteiger partial charge in [-0.2, -0.15) is 0 Å². The second kappa shape index (κ2) is 11.3. The molecule has 2 aliphatic carbocycles. The Morgan fingerprint density at radius 2 is 1.73 bits per heavy atom. The van der Waals surface area contributed by atoms with Crippen molar-refractivity contribution in [2.24, 2.45) is 0 Å². The topological polar surface area (TPSA) is 70.2 Å². The van der Waals surface area contributed by atoms with Crippen LogP contribution in [-0.2, 0) is 9.59 Å². The van der Waals surface area contributed by atoms with Crippen LogP contribution >= 0.6 is 23.2 Å². The van der Waals surface area contributed by atoms with Gasteiger partial charge in [0.25, 0.3) is 0 Å². The van der Waals surface area contributed by atoms with E-state index in [1.54, 1.807) is 24.3 Å². The zero-order valence-electron chi connectivity index (χ0n) is 20.9. The fourth-order valence-electron chi connectivity index (χ4n) is 7.05. The van der Waals surface area contributed by atoms with Gasteiger partial charge in [0.15, 0.2) is 0 Å². The van der Waals surface area contributed by atoms with Gasteiger partial charge in [0.05, 0.1) is 11.1 Å². The zero-order chi connectivity index (χ0) is 26.0. The minimum atomic E-state index is -0.641. The summed E-state index contributed by atoms with van der Waals surface area (Å²) in [7, 11) is 0. The van der Waals surface area contributed by atoms with Crippen molar-refractivity contribution in [2.75, 3.05) is 5.32 Å². The second-order valence-electron chi connectivity index (χ2n) is 10.8. The fraction of sp³-hybridized carbons (Fsp3) is 0.517. The Labute approximate surface area is 227 Å². The van der Waals surface area contributed by atoms with Crippen LogP contribution in [-0.4, -0.2) is 29.9 Å². The number of anilines is 1. The number of carbonyl (C=O) groups is 2. The third-order valence-electron chi connectivity index (χ3n) is 8.64. The monoisotopic (exact) mass is 545 g/mol. The average molecular weight is 547 g/mol. The lowest BCUT2D eigenvalue weighted by Gasteiger charge is -2.41. The SMILES string of the molecule is O=CNc1cc(Cl)ccc1C1[C@@H](c2cccc(Cl)c2F)[C@H](C(=O)NC2CCCCC2)NC12CCCCC2. The molecule has 8 heteroatoms. The number of carbonyl (C=O) groups excluding carboxylic acids is 2. The van der Waals surface area contributed by atoms with Gasteiger partial charge >= 0.3 is 0 Å². The van der Waals surface area contributed by atoms with Crippen molar-refractivity contribution in [3.63, 3.8) is 0 Å². The van der Waals surface area contributed by atoms with E-state index in [1.807, 2.05) is 6.07 Å². The van der Waals surface area contributed by atoms with Crippen molar-refractivity contribution in [3.8, 4) is 0 Å². The first-order valence-electron chi connectivity index (χ1n) is 13.4. The highest BCUT2D eigenvalue weighted by Gasteiger charge is 2.57. The Balaban J connectivity index is 1.65. The third kappa shape index (κ3) is 5.25. The number of hydrogen-bond acceptors (Lipinski definition) is 3. The Morgan fingerprint density at radius 3 is 2.46 bits per heavy atom. The Kier molecular flexibility index (Phi) is 8.08. The van der Waals surface area contributed by atoms with Gasteiger partial charge in [-0.3, -0.25) is 14.9 Å². The van der Waals surface area contributed by atoms with Gasteiger partial charge in [0.1, 0.15) is 5.82 Å². The van der Waals surface area contributed by atoms with Crippen LogP contribution < -0.4 is 16.0 Å². The molecule has 2 aromatic carbocycles. The first-order valence-corrected chi connectivity index (χ1v) is 14.2. The minimum absolute atomic E-state index is 0.0367. The van der Waals surface area contributed by atoms with Crippen LogP contribution in [0.15, 0.2) is 36.4 Å². The first kappa shape index (κ1) is 26.5. The van der Waals surface area contributed by atoms with Crippen LogP contribution in [0.25, 0.3) is 0 Å².